The molecule has 24 heavy (non-hydrogen) atoms. The van der Waals surface area contributed by atoms with Crippen LogP contribution in [0.3, 0.4) is 0 Å². The number of rotatable bonds is 3. The molecule has 7 heteroatoms. The molecule has 0 spiro atoms. The fraction of sp³-hybridized carbons (Fsp3) is 0.0588. The first-order valence-electron chi connectivity index (χ1n) is 7.39. The van der Waals surface area contributed by atoms with Crippen molar-refractivity contribution in [3.8, 4) is 5.82 Å². The van der Waals surface area contributed by atoms with E-state index in [1.807, 2.05) is 41.0 Å². The Bertz CT molecular complexity index is 1010. The lowest BCUT2D eigenvalue weighted by Crippen LogP contribution is -2.11. The normalized spacial score (nSPS) is 10.9. The van der Waals surface area contributed by atoms with Crippen molar-refractivity contribution in [3.05, 3.63) is 66.9 Å². The lowest BCUT2D eigenvalue weighted by atomic mass is 10.3. The van der Waals surface area contributed by atoms with Crippen LogP contribution in [0.4, 0.5) is 5.69 Å². The molecule has 0 atom stereocenters. The van der Waals surface area contributed by atoms with E-state index in [2.05, 4.69) is 20.4 Å². The quantitative estimate of drug-likeness (QED) is 0.629. The summed E-state index contributed by atoms with van der Waals surface area (Å²) >= 11 is 0. The van der Waals surface area contributed by atoms with E-state index in [9.17, 15) is 4.79 Å². The zero-order chi connectivity index (χ0) is 16.5. The molecule has 0 bridgehead atoms. The van der Waals surface area contributed by atoms with Gasteiger partial charge >= 0.3 is 0 Å². The van der Waals surface area contributed by atoms with Crippen LogP contribution in [0.1, 0.15) is 10.4 Å². The number of aryl methyl sites for hydroxylation is 1. The molecule has 0 aliphatic rings. The summed E-state index contributed by atoms with van der Waals surface area (Å²) in [5.41, 5.74) is 3.02. The first-order chi connectivity index (χ1) is 11.7. The maximum atomic E-state index is 12.1. The van der Waals surface area contributed by atoms with Gasteiger partial charge in [-0.1, -0.05) is 12.1 Å². The summed E-state index contributed by atoms with van der Waals surface area (Å²) in [6.45, 7) is 0. The van der Waals surface area contributed by atoms with E-state index in [0.29, 0.717) is 11.3 Å². The molecule has 0 aliphatic carbocycles. The van der Waals surface area contributed by atoms with Crippen LogP contribution in [0, 0.1) is 0 Å². The predicted molar refractivity (Wildman–Crippen MR) is 90.0 cm³/mol. The average molecular weight is 318 g/mol. The van der Waals surface area contributed by atoms with Gasteiger partial charge in [-0.2, -0.15) is 5.10 Å². The summed E-state index contributed by atoms with van der Waals surface area (Å²) < 4.78 is 3.49. The van der Waals surface area contributed by atoms with Crippen LogP contribution >= 0.6 is 0 Å². The molecule has 3 heterocycles. The molecule has 7 nitrogen and oxygen atoms in total. The Morgan fingerprint density at radius 2 is 1.96 bits per heavy atom. The fourth-order valence-electron chi connectivity index (χ4n) is 2.49. The van der Waals surface area contributed by atoms with Gasteiger partial charge < -0.3 is 5.32 Å². The minimum absolute atomic E-state index is 0.217. The van der Waals surface area contributed by atoms with Crippen molar-refractivity contribution >= 4 is 22.6 Å². The van der Waals surface area contributed by atoms with Crippen LogP contribution < -0.4 is 5.32 Å². The molecule has 3 aromatic heterocycles. The van der Waals surface area contributed by atoms with Crippen molar-refractivity contribution < 1.29 is 4.79 Å². The van der Waals surface area contributed by atoms with Gasteiger partial charge in [-0.3, -0.25) is 14.0 Å². The van der Waals surface area contributed by atoms with Crippen LogP contribution in [0.25, 0.3) is 16.9 Å². The largest absolute Gasteiger partial charge is 0.320 e. The Balaban J connectivity index is 1.57. The Morgan fingerprint density at radius 3 is 2.71 bits per heavy atom. The van der Waals surface area contributed by atoms with E-state index in [1.54, 1.807) is 30.5 Å². The number of amides is 1. The number of hydrogen-bond acceptors (Lipinski definition) is 4. The number of benzene rings is 1. The van der Waals surface area contributed by atoms with Gasteiger partial charge in [0.15, 0.2) is 0 Å². The monoisotopic (exact) mass is 318 g/mol. The van der Waals surface area contributed by atoms with Crippen LogP contribution in [0.2, 0.25) is 0 Å². The van der Waals surface area contributed by atoms with E-state index in [1.165, 1.54) is 6.20 Å². The minimum atomic E-state index is -0.217. The minimum Gasteiger partial charge on any atom is -0.320 e. The maximum absolute atomic E-state index is 12.1. The van der Waals surface area contributed by atoms with Gasteiger partial charge in [0.05, 0.1) is 34.7 Å². The number of fused-ring (bicyclic) bond motifs is 1. The first-order valence-corrected chi connectivity index (χ1v) is 7.39. The lowest BCUT2D eigenvalue weighted by molar-refractivity contribution is 0.102. The van der Waals surface area contributed by atoms with Crippen LogP contribution in [-0.4, -0.2) is 30.2 Å². The lowest BCUT2D eigenvalue weighted by Gasteiger charge is -2.06. The molecule has 0 radical (unpaired) electrons. The first kappa shape index (κ1) is 14.1. The third kappa shape index (κ3) is 2.52. The van der Waals surface area contributed by atoms with E-state index >= 15 is 0 Å². The van der Waals surface area contributed by atoms with Crippen molar-refractivity contribution in [1.82, 2.24) is 24.3 Å². The van der Waals surface area contributed by atoms with Crippen LogP contribution in [0.15, 0.2) is 61.3 Å². The Kier molecular flexibility index (Phi) is 3.31. The highest BCUT2D eigenvalue weighted by atomic mass is 16.1. The number of carbonyl (C=O) groups excluding carboxylic acids is 1. The second-order valence-electron chi connectivity index (χ2n) is 5.37. The van der Waals surface area contributed by atoms with E-state index in [4.69, 9.17) is 0 Å². The number of hydrogen-bond donors (Lipinski definition) is 1. The topological polar surface area (TPSA) is 77.6 Å². The van der Waals surface area contributed by atoms with E-state index in [-0.39, 0.29) is 5.91 Å². The summed E-state index contributed by atoms with van der Waals surface area (Å²) in [6.07, 6.45) is 6.54. The van der Waals surface area contributed by atoms with Crippen LogP contribution in [-0.2, 0) is 7.05 Å². The summed E-state index contributed by atoms with van der Waals surface area (Å²) in [4.78, 5) is 20.9. The van der Waals surface area contributed by atoms with Gasteiger partial charge in [0.1, 0.15) is 12.1 Å². The van der Waals surface area contributed by atoms with Crippen LogP contribution in [0.5, 0.6) is 0 Å². The zero-order valence-electron chi connectivity index (χ0n) is 12.9. The predicted octanol–water partition coefficient (Wildman–Crippen LogP) is 2.41. The molecule has 0 saturated carbocycles. The summed E-state index contributed by atoms with van der Waals surface area (Å²) in [5.74, 6) is 0.522. The highest BCUT2D eigenvalue weighted by Crippen LogP contribution is 2.17. The number of nitrogens with zero attached hydrogens (tertiary/aromatic N) is 5. The van der Waals surface area contributed by atoms with Crippen molar-refractivity contribution in [2.75, 3.05) is 5.32 Å². The molecule has 1 N–H and O–H groups in total. The molecule has 4 aromatic rings. The summed E-state index contributed by atoms with van der Waals surface area (Å²) in [7, 11) is 1.77. The highest BCUT2D eigenvalue weighted by molar-refractivity contribution is 6.03. The van der Waals surface area contributed by atoms with Crippen molar-refractivity contribution in [1.29, 1.82) is 0 Å². The third-order valence-electron chi connectivity index (χ3n) is 3.67. The standard InChI is InChI=1S/C17H14N6O/c1-22-10-12(8-20-22)17(24)21-13-6-7-16(18-9-13)23-11-19-14-4-2-3-5-15(14)23/h2-11H,1H3,(H,21,24). The number of anilines is 1. The van der Waals surface area contributed by atoms with Gasteiger partial charge in [0.2, 0.25) is 0 Å². The number of carbonyl (C=O) groups is 1. The third-order valence-corrected chi connectivity index (χ3v) is 3.67. The van der Waals surface area contributed by atoms with Gasteiger partial charge in [-0.05, 0) is 24.3 Å². The van der Waals surface area contributed by atoms with Gasteiger partial charge in [0.25, 0.3) is 5.91 Å². The second kappa shape index (κ2) is 5.62. The Morgan fingerprint density at radius 1 is 1.08 bits per heavy atom. The van der Waals surface area contributed by atoms with E-state index < -0.39 is 0 Å². The maximum Gasteiger partial charge on any atom is 0.258 e. The van der Waals surface area contributed by atoms with Gasteiger partial charge in [0, 0.05) is 13.2 Å². The zero-order valence-corrected chi connectivity index (χ0v) is 12.9. The molecule has 1 amide bonds. The van der Waals surface area contributed by atoms with E-state index in [0.717, 1.165) is 16.9 Å². The molecular weight excluding hydrogens is 304 g/mol. The number of aromatic nitrogens is 5. The number of imidazole rings is 1. The second-order valence-corrected chi connectivity index (χ2v) is 5.37. The molecule has 0 unspecified atom stereocenters. The number of nitrogens with one attached hydrogen (secondary N) is 1. The SMILES string of the molecule is Cn1cc(C(=O)Nc2ccc(-n3cnc4ccccc43)nc2)cn1. The smallest absolute Gasteiger partial charge is 0.258 e. The van der Waals surface area contributed by atoms with Crippen molar-refractivity contribution in [2.45, 2.75) is 0 Å². The molecule has 4 rings (SSSR count). The molecule has 118 valence electrons. The number of pyridine rings is 1. The molecule has 0 saturated heterocycles. The molecular formula is C17H14N6O. The highest BCUT2D eigenvalue weighted by Gasteiger charge is 2.09. The number of para-hydroxylation sites is 2. The Labute approximate surface area is 137 Å². The van der Waals surface area contributed by atoms with Crippen molar-refractivity contribution in [2.24, 2.45) is 7.05 Å². The summed E-state index contributed by atoms with van der Waals surface area (Å²) in [5, 5.41) is 6.79. The average Bonchev–Trinajstić information content (AvgIpc) is 3.22. The molecule has 0 aliphatic heterocycles. The van der Waals surface area contributed by atoms with Gasteiger partial charge in [-0.25, -0.2) is 9.97 Å². The summed E-state index contributed by atoms with van der Waals surface area (Å²) in [6, 6.07) is 11.5. The molecule has 1 aromatic carbocycles. The fourth-order valence-corrected chi connectivity index (χ4v) is 2.49. The molecule has 0 fully saturated rings. The van der Waals surface area contributed by atoms with Gasteiger partial charge in [-0.15, -0.1) is 0 Å². The van der Waals surface area contributed by atoms with Crippen molar-refractivity contribution in [3.63, 3.8) is 0 Å². The Hall–Kier alpha value is -3.48.